The van der Waals surface area contributed by atoms with E-state index in [9.17, 15) is 22.0 Å². The molecule has 0 saturated heterocycles. The molecule has 1 aliphatic carbocycles. The first-order valence-corrected chi connectivity index (χ1v) is 8.01. The molecule has 0 radical (unpaired) electrons. The van der Waals surface area contributed by atoms with Crippen LogP contribution < -0.4 is 0 Å². The van der Waals surface area contributed by atoms with E-state index in [-0.39, 0.29) is 11.1 Å². The van der Waals surface area contributed by atoms with Crippen molar-refractivity contribution in [1.82, 2.24) is 4.98 Å². The summed E-state index contributed by atoms with van der Waals surface area (Å²) in [6.07, 6.45) is 1.90. The van der Waals surface area contributed by atoms with E-state index < -0.39 is 29.4 Å². The van der Waals surface area contributed by atoms with Crippen LogP contribution in [0.2, 0.25) is 0 Å². The average molecular weight is 368 g/mol. The van der Waals surface area contributed by atoms with Crippen LogP contribution in [0.25, 0.3) is 0 Å². The van der Waals surface area contributed by atoms with Crippen molar-refractivity contribution in [3.8, 4) is 6.07 Å². The third kappa shape index (κ3) is 4.37. The van der Waals surface area contributed by atoms with Gasteiger partial charge in [0.1, 0.15) is 17.7 Å². The highest BCUT2D eigenvalue weighted by molar-refractivity contribution is 5.45. The van der Waals surface area contributed by atoms with Gasteiger partial charge in [-0.3, -0.25) is 4.98 Å². The topological polar surface area (TPSA) is 36.7 Å². The zero-order valence-electron chi connectivity index (χ0n) is 14.3. The van der Waals surface area contributed by atoms with Gasteiger partial charge in [0, 0.05) is 13.1 Å². The van der Waals surface area contributed by atoms with Crippen LogP contribution in [0.1, 0.15) is 53.9 Å². The number of pyridine rings is 1. The highest BCUT2D eigenvalue weighted by Crippen LogP contribution is 2.34. The minimum atomic E-state index is -3.21. The minimum absolute atomic E-state index is 0.182. The Balaban J connectivity index is 0.000000190. The second kappa shape index (κ2) is 7.81. The first kappa shape index (κ1) is 19.8. The maximum atomic E-state index is 13.4. The van der Waals surface area contributed by atoms with Crippen LogP contribution in [-0.4, -0.2) is 4.98 Å². The van der Waals surface area contributed by atoms with E-state index in [1.54, 1.807) is 0 Å². The fourth-order valence-electron chi connectivity index (χ4n) is 2.78. The lowest BCUT2D eigenvalue weighted by Crippen LogP contribution is -2.13. The fraction of sp³-hybridized carbons (Fsp3) is 0.368. The number of fused-ring (bicyclic) bond motifs is 1. The van der Waals surface area contributed by atoms with Crippen LogP contribution in [0, 0.1) is 29.9 Å². The van der Waals surface area contributed by atoms with E-state index in [1.807, 2.05) is 6.07 Å². The normalized spacial score (nSPS) is 16.2. The van der Waals surface area contributed by atoms with Crippen molar-refractivity contribution in [3.05, 3.63) is 64.0 Å². The number of nitrogens with zero attached hydrogens (tertiary/aromatic N) is 2. The first-order valence-electron chi connectivity index (χ1n) is 8.01. The maximum absolute atomic E-state index is 13.4. The molecule has 0 spiro atoms. The number of benzene rings is 1. The molecule has 1 aromatic carbocycles. The third-order valence-corrected chi connectivity index (χ3v) is 4.09. The number of hydrogen-bond acceptors (Lipinski definition) is 2. The van der Waals surface area contributed by atoms with Gasteiger partial charge in [-0.1, -0.05) is 0 Å². The van der Waals surface area contributed by atoms with E-state index in [0.717, 1.165) is 6.42 Å². The van der Waals surface area contributed by atoms with E-state index in [1.165, 1.54) is 31.3 Å². The van der Waals surface area contributed by atoms with Gasteiger partial charge in [-0.2, -0.15) is 14.0 Å². The molecule has 7 heteroatoms. The Hall–Kier alpha value is -2.49. The molecule has 2 nitrogen and oxygen atoms in total. The van der Waals surface area contributed by atoms with Gasteiger partial charge in [-0.15, -0.1) is 0 Å². The van der Waals surface area contributed by atoms with Crippen molar-refractivity contribution in [2.75, 3.05) is 0 Å². The van der Waals surface area contributed by atoms with Crippen molar-refractivity contribution >= 4 is 0 Å². The van der Waals surface area contributed by atoms with Crippen LogP contribution in [-0.2, 0) is 12.3 Å². The number of rotatable bonds is 1. The molecule has 0 fully saturated rings. The third-order valence-electron chi connectivity index (χ3n) is 4.09. The molecule has 1 atom stereocenters. The smallest absolute Gasteiger partial charge is 0.252 e. The Morgan fingerprint density at radius 2 is 1.96 bits per heavy atom. The summed E-state index contributed by atoms with van der Waals surface area (Å²) in [5.41, 5.74) is 0.729. The number of nitriles is 1. The molecule has 1 heterocycles. The predicted octanol–water partition coefficient (Wildman–Crippen LogP) is 5.69. The van der Waals surface area contributed by atoms with Crippen molar-refractivity contribution < 1.29 is 22.0 Å². The molecule has 2 aromatic rings. The van der Waals surface area contributed by atoms with Gasteiger partial charge in [-0.25, -0.2) is 13.2 Å². The number of halogens is 5. The minimum Gasteiger partial charge on any atom is -0.252 e. The SMILES string of the molecule is Cc1ccnc(C(C)(F)F)c1F.N#Cc1cc(F)cc2c1CCCC2F. The number of hydrogen-bond donors (Lipinski definition) is 0. The van der Waals surface area contributed by atoms with Gasteiger partial charge >= 0.3 is 0 Å². The molecule has 26 heavy (non-hydrogen) atoms. The summed E-state index contributed by atoms with van der Waals surface area (Å²) in [6.45, 7) is 2.05. The van der Waals surface area contributed by atoms with E-state index >= 15 is 0 Å². The van der Waals surface area contributed by atoms with Gasteiger partial charge in [-0.05, 0) is 61.1 Å². The van der Waals surface area contributed by atoms with Crippen LogP contribution >= 0.6 is 0 Å². The van der Waals surface area contributed by atoms with Gasteiger partial charge < -0.3 is 0 Å². The van der Waals surface area contributed by atoms with Crippen LogP contribution in [0.4, 0.5) is 22.0 Å². The molecule has 0 amide bonds. The molecule has 1 aromatic heterocycles. The van der Waals surface area contributed by atoms with Crippen LogP contribution in [0.15, 0.2) is 24.4 Å². The zero-order valence-corrected chi connectivity index (χ0v) is 14.3. The van der Waals surface area contributed by atoms with E-state index in [0.29, 0.717) is 30.9 Å². The van der Waals surface area contributed by atoms with Gasteiger partial charge in [0.2, 0.25) is 0 Å². The zero-order chi connectivity index (χ0) is 19.5. The van der Waals surface area contributed by atoms with Crippen molar-refractivity contribution in [3.63, 3.8) is 0 Å². The Labute approximate surface area is 148 Å². The second-order valence-corrected chi connectivity index (χ2v) is 6.17. The lowest BCUT2D eigenvalue weighted by molar-refractivity contribution is 0.00862. The number of alkyl halides is 3. The molecule has 0 aliphatic heterocycles. The summed E-state index contributed by atoms with van der Waals surface area (Å²) >= 11 is 0. The quantitative estimate of drug-likeness (QED) is 0.607. The van der Waals surface area contributed by atoms with Gasteiger partial charge in [0.15, 0.2) is 5.82 Å². The fourth-order valence-corrected chi connectivity index (χ4v) is 2.78. The van der Waals surface area contributed by atoms with Crippen LogP contribution in [0.5, 0.6) is 0 Å². The lowest BCUT2D eigenvalue weighted by atomic mass is 9.87. The van der Waals surface area contributed by atoms with E-state index in [4.69, 9.17) is 5.26 Å². The summed E-state index contributed by atoms with van der Waals surface area (Å²) in [6, 6.07) is 5.65. The first-order chi connectivity index (χ1) is 12.1. The van der Waals surface area contributed by atoms with Crippen molar-refractivity contribution in [2.24, 2.45) is 0 Å². The number of aryl methyl sites for hydroxylation is 1. The standard InChI is InChI=1S/C11H9F2N.C8H8F3N/c12-8-4-7(6-14)9-2-1-3-11(13)10(9)5-8;1-5-3-4-12-7(6(5)9)8(2,10)11/h4-5,11H,1-3H2;3-4H,1-2H3. The predicted molar refractivity (Wildman–Crippen MR) is 86.4 cm³/mol. The van der Waals surface area contributed by atoms with Crippen LogP contribution in [0.3, 0.4) is 0 Å². The lowest BCUT2D eigenvalue weighted by Gasteiger charge is -2.20. The highest BCUT2D eigenvalue weighted by Gasteiger charge is 2.30. The molecule has 1 aliphatic rings. The summed E-state index contributed by atoms with van der Waals surface area (Å²) < 4.78 is 64.5. The monoisotopic (exact) mass is 368 g/mol. The largest absolute Gasteiger partial charge is 0.289 e. The number of aromatic nitrogens is 1. The Morgan fingerprint density at radius 1 is 1.27 bits per heavy atom. The molecule has 0 bridgehead atoms. The highest BCUT2D eigenvalue weighted by atomic mass is 19.3. The molecular formula is C19H17F5N2. The molecule has 0 saturated carbocycles. The molecule has 0 N–H and O–H groups in total. The van der Waals surface area contributed by atoms with Crippen molar-refractivity contribution in [2.45, 2.75) is 45.2 Å². The summed E-state index contributed by atoms with van der Waals surface area (Å²) in [5, 5.41) is 8.77. The Kier molecular flexibility index (Phi) is 5.96. The molecular weight excluding hydrogens is 351 g/mol. The van der Waals surface area contributed by atoms with Gasteiger partial charge in [0.05, 0.1) is 11.6 Å². The van der Waals surface area contributed by atoms with E-state index in [2.05, 4.69) is 4.98 Å². The molecule has 138 valence electrons. The Morgan fingerprint density at radius 3 is 2.54 bits per heavy atom. The summed E-state index contributed by atoms with van der Waals surface area (Å²) in [7, 11) is 0. The summed E-state index contributed by atoms with van der Waals surface area (Å²) in [4.78, 5) is 3.29. The van der Waals surface area contributed by atoms with Gasteiger partial charge in [0.25, 0.3) is 5.92 Å². The average Bonchev–Trinajstić information content (AvgIpc) is 2.57. The molecule has 1 unspecified atom stereocenters. The summed E-state index contributed by atoms with van der Waals surface area (Å²) in [5.74, 6) is -4.66. The molecule has 3 rings (SSSR count). The second-order valence-electron chi connectivity index (χ2n) is 6.17. The maximum Gasteiger partial charge on any atom is 0.289 e. The Bertz CT molecular complexity index is 837. The van der Waals surface area contributed by atoms with Crippen molar-refractivity contribution in [1.29, 1.82) is 5.26 Å².